The highest BCUT2D eigenvalue weighted by molar-refractivity contribution is 6.47. The van der Waals surface area contributed by atoms with E-state index in [1.165, 1.54) is 21.3 Å². The number of rotatable bonds is 6. The van der Waals surface area contributed by atoms with Crippen molar-refractivity contribution < 1.29 is 28.9 Å². The molecule has 1 heterocycles. The third-order valence-electron chi connectivity index (χ3n) is 4.33. The van der Waals surface area contributed by atoms with E-state index in [0.717, 1.165) is 0 Å². The number of methoxy groups -OCH3 is 3. The van der Waals surface area contributed by atoms with Gasteiger partial charge in [-0.1, -0.05) is 12.1 Å². The second-order valence-corrected chi connectivity index (χ2v) is 5.77. The number of fused-ring (bicyclic) bond motifs is 1. The van der Waals surface area contributed by atoms with Gasteiger partial charge < -0.3 is 24.5 Å². The lowest BCUT2D eigenvalue weighted by atomic mass is 9.99. The standard InChI is InChI=1S/C19H19NO6/c1-24-16-8-11(9-17(25-2)19(16)26-3)15(21)10-14-18(22)12-6-4-5-7-13(12)20(14)23/h4-9,15,21H,10H2,1-3H3. The van der Waals surface area contributed by atoms with Crippen molar-refractivity contribution in [1.29, 1.82) is 0 Å². The summed E-state index contributed by atoms with van der Waals surface area (Å²) in [5, 5.41) is 23.0. The molecule has 1 aliphatic heterocycles. The number of carbonyl (C=O) groups excluding carboxylic acids is 1. The van der Waals surface area contributed by atoms with Gasteiger partial charge in [0.05, 0.1) is 33.9 Å². The molecule has 1 unspecified atom stereocenters. The van der Waals surface area contributed by atoms with E-state index in [4.69, 9.17) is 14.2 Å². The van der Waals surface area contributed by atoms with Gasteiger partial charge in [0.25, 0.3) is 5.78 Å². The number of Topliss-reactive ketones (excluding diaryl/α,β-unsaturated/α-hetero) is 1. The van der Waals surface area contributed by atoms with Gasteiger partial charge in [-0.2, -0.15) is 4.74 Å². The van der Waals surface area contributed by atoms with Gasteiger partial charge in [-0.25, -0.2) is 0 Å². The molecule has 0 saturated heterocycles. The van der Waals surface area contributed by atoms with Crippen LogP contribution in [0.15, 0.2) is 36.4 Å². The van der Waals surface area contributed by atoms with Gasteiger partial charge in [-0.15, -0.1) is 0 Å². The molecular weight excluding hydrogens is 338 g/mol. The Morgan fingerprint density at radius 1 is 1.08 bits per heavy atom. The summed E-state index contributed by atoms with van der Waals surface area (Å²) < 4.78 is 16.4. The average Bonchev–Trinajstić information content (AvgIpc) is 2.91. The van der Waals surface area contributed by atoms with E-state index in [0.29, 0.717) is 38.8 Å². The Balaban J connectivity index is 1.93. The van der Waals surface area contributed by atoms with Crippen molar-refractivity contribution in [3.63, 3.8) is 0 Å². The summed E-state index contributed by atoms with van der Waals surface area (Å²) in [7, 11) is 4.42. The van der Waals surface area contributed by atoms with Crippen LogP contribution in [0.25, 0.3) is 0 Å². The highest BCUT2D eigenvalue weighted by atomic mass is 16.5. The normalized spacial score (nSPS) is 14.2. The number of hydrogen-bond donors (Lipinski definition) is 1. The van der Waals surface area contributed by atoms with Gasteiger partial charge in [-0.3, -0.25) is 4.79 Å². The lowest BCUT2D eigenvalue weighted by Gasteiger charge is -2.16. The van der Waals surface area contributed by atoms with Crippen molar-refractivity contribution in [2.75, 3.05) is 21.3 Å². The predicted molar refractivity (Wildman–Crippen MR) is 94.7 cm³/mol. The third-order valence-corrected chi connectivity index (χ3v) is 4.33. The summed E-state index contributed by atoms with van der Waals surface area (Å²) in [5.74, 6) is 0.785. The maximum Gasteiger partial charge on any atom is 0.260 e. The molecule has 0 spiro atoms. The molecule has 1 atom stereocenters. The monoisotopic (exact) mass is 357 g/mol. The first-order valence-corrected chi connectivity index (χ1v) is 7.96. The average molecular weight is 357 g/mol. The molecule has 0 aliphatic carbocycles. The van der Waals surface area contributed by atoms with Crippen LogP contribution in [0, 0.1) is 5.21 Å². The second kappa shape index (κ2) is 7.05. The van der Waals surface area contributed by atoms with Gasteiger partial charge in [0.1, 0.15) is 5.56 Å². The van der Waals surface area contributed by atoms with Crippen LogP contribution in [0.4, 0.5) is 5.69 Å². The van der Waals surface area contributed by atoms with Crippen LogP contribution >= 0.6 is 0 Å². The first-order valence-electron chi connectivity index (χ1n) is 7.96. The van der Waals surface area contributed by atoms with Crippen molar-refractivity contribution in [2.45, 2.75) is 12.5 Å². The molecule has 2 aromatic rings. The number of hydrogen-bond acceptors (Lipinski definition) is 6. The number of aliphatic hydroxyl groups is 1. The number of ketones is 1. The molecule has 2 aromatic carbocycles. The van der Waals surface area contributed by atoms with Crippen LogP contribution in [-0.2, 0) is 0 Å². The van der Waals surface area contributed by atoms with E-state index in [9.17, 15) is 15.1 Å². The summed E-state index contributed by atoms with van der Waals surface area (Å²) in [6.07, 6.45) is -1.22. The Hall–Kier alpha value is -3.06. The van der Waals surface area contributed by atoms with Crippen LogP contribution < -0.4 is 14.2 Å². The molecule has 1 N–H and O–H groups in total. The molecular formula is C19H19NO6. The molecule has 0 saturated carbocycles. The topological polar surface area (TPSA) is 91.1 Å². The first-order chi connectivity index (χ1) is 12.5. The van der Waals surface area contributed by atoms with Crippen molar-refractivity contribution in [2.24, 2.45) is 0 Å². The Morgan fingerprint density at radius 3 is 2.23 bits per heavy atom. The summed E-state index contributed by atoms with van der Waals surface area (Å²) in [5.41, 5.74) is 1.08. The van der Waals surface area contributed by atoms with Gasteiger partial charge >= 0.3 is 0 Å². The van der Waals surface area contributed by atoms with Crippen molar-refractivity contribution in [3.05, 3.63) is 52.7 Å². The number of nitrogens with zero attached hydrogens (tertiary/aromatic N) is 1. The summed E-state index contributed by atoms with van der Waals surface area (Å²) in [6, 6.07) is 9.75. The van der Waals surface area contributed by atoms with Crippen LogP contribution in [0.1, 0.15) is 28.4 Å². The maximum absolute atomic E-state index is 12.5. The zero-order valence-corrected chi connectivity index (χ0v) is 14.7. The minimum absolute atomic E-state index is 0.00699. The molecule has 0 bridgehead atoms. The number of para-hydroxylation sites is 1. The second-order valence-electron chi connectivity index (χ2n) is 5.77. The molecule has 0 aromatic heterocycles. The van der Waals surface area contributed by atoms with Crippen LogP contribution in [0.3, 0.4) is 0 Å². The third kappa shape index (κ3) is 2.86. The maximum atomic E-state index is 12.5. The first kappa shape index (κ1) is 17.8. The quantitative estimate of drug-likeness (QED) is 0.631. The SMILES string of the molecule is COc1cc(C(O)CC2=[N+]([O-])c3ccccc3C2=O)cc(OC)c1OC. The van der Waals surface area contributed by atoms with E-state index in [-0.39, 0.29) is 17.9 Å². The summed E-state index contributed by atoms with van der Waals surface area (Å²) >= 11 is 0. The van der Waals surface area contributed by atoms with Crippen molar-refractivity contribution >= 4 is 17.2 Å². The Labute approximate surface area is 150 Å². The Bertz CT molecular complexity index is 864. The highest BCUT2D eigenvalue weighted by Crippen LogP contribution is 2.40. The smallest absolute Gasteiger partial charge is 0.260 e. The molecule has 26 heavy (non-hydrogen) atoms. The van der Waals surface area contributed by atoms with E-state index >= 15 is 0 Å². The largest absolute Gasteiger partial charge is 0.618 e. The van der Waals surface area contributed by atoms with Gasteiger partial charge in [-0.05, 0) is 23.8 Å². The van der Waals surface area contributed by atoms with Crippen molar-refractivity contribution in [3.8, 4) is 17.2 Å². The zero-order valence-electron chi connectivity index (χ0n) is 14.7. The van der Waals surface area contributed by atoms with Crippen LogP contribution in [0.2, 0.25) is 0 Å². The van der Waals surface area contributed by atoms with Gasteiger partial charge in [0, 0.05) is 6.07 Å². The Kier molecular flexibility index (Phi) is 4.81. The molecule has 0 fully saturated rings. The fourth-order valence-corrected chi connectivity index (χ4v) is 3.01. The van der Waals surface area contributed by atoms with Gasteiger partial charge in [0.15, 0.2) is 11.5 Å². The minimum atomic E-state index is -1.09. The molecule has 7 nitrogen and oxygen atoms in total. The number of benzene rings is 2. The molecule has 7 heteroatoms. The van der Waals surface area contributed by atoms with Crippen molar-refractivity contribution in [1.82, 2.24) is 0 Å². The Morgan fingerprint density at radius 2 is 1.69 bits per heavy atom. The van der Waals surface area contributed by atoms with E-state index in [2.05, 4.69) is 0 Å². The summed E-state index contributed by atoms with van der Waals surface area (Å²) in [6.45, 7) is 0. The lowest BCUT2D eigenvalue weighted by Crippen LogP contribution is -2.18. The van der Waals surface area contributed by atoms with E-state index in [1.807, 2.05) is 0 Å². The van der Waals surface area contributed by atoms with Crippen LogP contribution in [0.5, 0.6) is 17.2 Å². The van der Waals surface area contributed by atoms with E-state index < -0.39 is 6.10 Å². The fourth-order valence-electron chi connectivity index (χ4n) is 3.01. The highest BCUT2D eigenvalue weighted by Gasteiger charge is 2.36. The van der Waals surface area contributed by atoms with Gasteiger partial charge in [0.2, 0.25) is 17.1 Å². The molecule has 1 aliphatic rings. The van der Waals surface area contributed by atoms with E-state index in [1.54, 1.807) is 36.4 Å². The number of carbonyl (C=O) groups is 1. The minimum Gasteiger partial charge on any atom is -0.618 e. The summed E-state index contributed by atoms with van der Waals surface area (Å²) in [4.78, 5) is 12.5. The molecule has 0 radical (unpaired) electrons. The lowest BCUT2D eigenvalue weighted by molar-refractivity contribution is -0.358. The molecule has 136 valence electrons. The zero-order chi connectivity index (χ0) is 18.8. The number of aliphatic hydroxyl groups excluding tert-OH is 1. The predicted octanol–water partition coefficient (Wildman–Crippen LogP) is 2.62. The molecule has 0 amide bonds. The van der Waals surface area contributed by atoms with Crippen LogP contribution in [-0.4, -0.2) is 42.7 Å². The fraction of sp³-hybridized carbons (Fsp3) is 0.263. The number of ether oxygens (including phenoxy) is 3. The molecule has 3 rings (SSSR count).